The highest BCUT2D eigenvalue weighted by atomic mass is 16.5. The number of imide groups is 1. The lowest BCUT2D eigenvalue weighted by molar-refractivity contribution is -0.128. The number of ether oxygens (including phenoxy) is 2. The van der Waals surface area contributed by atoms with E-state index in [2.05, 4.69) is 0 Å². The van der Waals surface area contributed by atoms with Crippen LogP contribution in [-0.4, -0.2) is 47.6 Å². The number of carbonyl (C=O) groups is 3. The zero-order valence-corrected chi connectivity index (χ0v) is 14.5. The van der Waals surface area contributed by atoms with Gasteiger partial charge in [-0.2, -0.15) is 0 Å². The minimum Gasteiger partial charge on any atom is -0.492 e. The number of Topliss-reactive ketones (excluding diaryl/α,β-unsaturated/α-hetero) is 1. The molecule has 4 atom stereocenters. The fourth-order valence-electron chi connectivity index (χ4n) is 4.11. The van der Waals surface area contributed by atoms with Gasteiger partial charge < -0.3 is 14.6 Å². The SMILES string of the molecule is CCOc1ccc(C(C)=O)cc1N1C(=O)[C@H]2[C@@H]3C=C[C@@](CO)(O3)[C@@H]2C1=O. The van der Waals surface area contributed by atoms with Gasteiger partial charge >= 0.3 is 0 Å². The van der Waals surface area contributed by atoms with Crippen LogP contribution in [0.1, 0.15) is 24.2 Å². The Kier molecular flexibility index (Phi) is 3.75. The molecule has 2 fully saturated rings. The minimum atomic E-state index is -1.15. The molecule has 1 aromatic rings. The molecule has 2 bridgehead atoms. The van der Waals surface area contributed by atoms with Crippen LogP contribution in [0.2, 0.25) is 0 Å². The van der Waals surface area contributed by atoms with E-state index in [0.717, 1.165) is 4.90 Å². The summed E-state index contributed by atoms with van der Waals surface area (Å²) in [6.45, 7) is 3.19. The van der Waals surface area contributed by atoms with E-state index in [1.54, 1.807) is 31.2 Å². The van der Waals surface area contributed by atoms with Crippen molar-refractivity contribution in [2.75, 3.05) is 18.1 Å². The van der Waals surface area contributed by atoms with Gasteiger partial charge in [0, 0.05) is 5.56 Å². The summed E-state index contributed by atoms with van der Waals surface area (Å²) >= 11 is 0. The van der Waals surface area contributed by atoms with Gasteiger partial charge in [-0.25, -0.2) is 4.90 Å². The quantitative estimate of drug-likeness (QED) is 0.482. The average Bonchev–Trinajstić information content (AvgIpc) is 3.27. The lowest BCUT2D eigenvalue weighted by Crippen LogP contribution is -2.43. The Morgan fingerprint density at radius 2 is 2.12 bits per heavy atom. The van der Waals surface area contributed by atoms with Gasteiger partial charge in [0.1, 0.15) is 11.4 Å². The van der Waals surface area contributed by atoms with E-state index in [4.69, 9.17) is 9.47 Å². The van der Waals surface area contributed by atoms with Gasteiger partial charge in [-0.3, -0.25) is 14.4 Å². The number of anilines is 1. The number of nitrogens with zero attached hydrogens (tertiary/aromatic N) is 1. The summed E-state index contributed by atoms with van der Waals surface area (Å²) in [5.74, 6) is -2.10. The summed E-state index contributed by atoms with van der Waals surface area (Å²) in [5, 5.41) is 9.78. The van der Waals surface area contributed by atoms with E-state index < -0.39 is 35.4 Å². The van der Waals surface area contributed by atoms with Crippen LogP contribution in [0, 0.1) is 11.8 Å². The van der Waals surface area contributed by atoms with Crippen LogP contribution in [0.4, 0.5) is 5.69 Å². The first kappa shape index (κ1) is 16.9. The van der Waals surface area contributed by atoms with Crippen molar-refractivity contribution in [3.63, 3.8) is 0 Å². The molecule has 7 nitrogen and oxygen atoms in total. The van der Waals surface area contributed by atoms with Crippen molar-refractivity contribution in [1.29, 1.82) is 0 Å². The molecule has 0 spiro atoms. The molecule has 0 unspecified atom stereocenters. The summed E-state index contributed by atoms with van der Waals surface area (Å²) in [7, 11) is 0. The minimum absolute atomic E-state index is 0.175. The first-order valence-corrected chi connectivity index (χ1v) is 8.57. The molecule has 26 heavy (non-hydrogen) atoms. The van der Waals surface area contributed by atoms with Crippen molar-refractivity contribution >= 4 is 23.3 Å². The molecular weight excluding hydrogens is 338 g/mol. The highest BCUT2D eigenvalue weighted by Gasteiger charge is 2.67. The van der Waals surface area contributed by atoms with E-state index >= 15 is 0 Å². The second-order valence-corrected chi connectivity index (χ2v) is 6.74. The van der Waals surface area contributed by atoms with Crippen LogP contribution in [0.3, 0.4) is 0 Å². The molecule has 0 aromatic heterocycles. The molecule has 3 heterocycles. The molecule has 1 N–H and O–H groups in total. The number of carbonyl (C=O) groups excluding carboxylic acids is 3. The van der Waals surface area contributed by atoms with Gasteiger partial charge in [-0.15, -0.1) is 0 Å². The van der Waals surface area contributed by atoms with Crippen LogP contribution in [-0.2, 0) is 14.3 Å². The lowest BCUT2D eigenvalue weighted by Gasteiger charge is -2.27. The molecule has 0 radical (unpaired) electrons. The van der Waals surface area contributed by atoms with Crippen molar-refractivity contribution in [2.45, 2.75) is 25.6 Å². The summed E-state index contributed by atoms with van der Waals surface area (Å²) in [6, 6.07) is 4.70. The third-order valence-electron chi connectivity index (χ3n) is 5.31. The van der Waals surface area contributed by atoms with Crippen LogP contribution in [0.5, 0.6) is 5.75 Å². The molecule has 7 heteroatoms. The van der Waals surface area contributed by atoms with Crippen LogP contribution in [0.15, 0.2) is 30.4 Å². The third-order valence-corrected chi connectivity index (χ3v) is 5.31. The predicted molar refractivity (Wildman–Crippen MR) is 90.9 cm³/mol. The van der Waals surface area contributed by atoms with Crippen molar-refractivity contribution in [1.82, 2.24) is 0 Å². The van der Waals surface area contributed by atoms with E-state index in [9.17, 15) is 19.5 Å². The molecule has 4 rings (SSSR count). The normalized spacial score (nSPS) is 31.7. The zero-order valence-electron chi connectivity index (χ0n) is 14.5. The average molecular weight is 357 g/mol. The van der Waals surface area contributed by atoms with Crippen LogP contribution >= 0.6 is 0 Å². The fraction of sp³-hybridized carbons (Fsp3) is 0.421. The maximum atomic E-state index is 13.1. The molecule has 2 saturated heterocycles. The standard InChI is InChI=1S/C19H19NO6/c1-3-25-13-5-4-11(10(2)22)8-12(13)20-17(23)15-14-6-7-19(9-21,26-14)16(15)18(20)24/h4-8,14-16,21H,3,9H2,1-2H3/t14-,15-,16-,19-/m0/s1. The monoisotopic (exact) mass is 357 g/mol. The summed E-state index contributed by atoms with van der Waals surface area (Å²) in [5.41, 5.74) is -0.507. The third kappa shape index (κ3) is 2.10. The number of amides is 2. The van der Waals surface area contributed by atoms with Crippen molar-refractivity contribution in [3.8, 4) is 5.75 Å². The van der Waals surface area contributed by atoms with Gasteiger partial charge in [0.05, 0.1) is 36.8 Å². The van der Waals surface area contributed by atoms with Crippen molar-refractivity contribution < 1.29 is 29.0 Å². The highest BCUT2D eigenvalue weighted by molar-refractivity contribution is 6.24. The number of ketones is 1. The maximum absolute atomic E-state index is 13.1. The molecule has 136 valence electrons. The Balaban J connectivity index is 1.80. The highest BCUT2D eigenvalue weighted by Crippen LogP contribution is 2.53. The fourth-order valence-corrected chi connectivity index (χ4v) is 4.11. The van der Waals surface area contributed by atoms with Crippen molar-refractivity contribution in [2.24, 2.45) is 11.8 Å². The van der Waals surface area contributed by atoms with Crippen molar-refractivity contribution in [3.05, 3.63) is 35.9 Å². The molecule has 0 aliphatic carbocycles. The Bertz CT molecular complexity index is 846. The molecule has 2 amide bonds. The molecule has 1 aromatic carbocycles. The Morgan fingerprint density at radius 1 is 1.35 bits per heavy atom. The molecular formula is C19H19NO6. The molecule has 0 saturated carbocycles. The first-order valence-electron chi connectivity index (χ1n) is 8.57. The van der Waals surface area contributed by atoms with Gasteiger partial charge in [0.25, 0.3) is 0 Å². The predicted octanol–water partition coefficient (Wildman–Crippen LogP) is 1.09. The van der Waals surface area contributed by atoms with E-state index in [1.807, 2.05) is 0 Å². The topological polar surface area (TPSA) is 93.1 Å². The zero-order chi connectivity index (χ0) is 18.6. The van der Waals surface area contributed by atoms with Crippen LogP contribution < -0.4 is 9.64 Å². The number of aliphatic hydroxyl groups excluding tert-OH is 1. The Labute approximate surface area is 150 Å². The van der Waals surface area contributed by atoms with Gasteiger partial charge in [0.2, 0.25) is 11.8 Å². The first-order chi connectivity index (χ1) is 12.4. The second-order valence-electron chi connectivity index (χ2n) is 6.74. The summed E-state index contributed by atoms with van der Waals surface area (Å²) < 4.78 is 11.3. The number of hydrogen-bond acceptors (Lipinski definition) is 6. The number of benzene rings is 1. The smallest absolute Gasteiger partial charge is 0.241 e. The van der Waals surface area contributed by atoms with E-state index in [0.29, 0.717) is 17.9 Å². The number of fused-ring (bicyclic) bond motifs is 5. The van der Waals surface area contributed by atoms with E-state index in [1.165, 1.54) is 13.0 Å². The number of aliphatic hydroxyl groups is 1. The Hall–Kier alpha value is -2.51. The van der Waals surface area contributed by atoms with E-state index in [-0.39, 0.29) is 18.1 Å². The molecule has 3 aliphatic heterocycles. The second kappa shape index (κ2) is 5.75. The number of hydrogen-bond donors (Lipinski definition) is 1. The molecule has 3 aliphatic rings. The largest absolute Gasteiger partial charge is 0.492 e. The van der Waals surface area contributed by atoms with Gasteiger partial charge in [-0.1, -0.05) is 12.2 Å². The lowest BCUT2D eigenvalue weighted by atomic mass is 9.77. The van der Waals surface area contributed by atoms with Gasteiger partial charge in [-0.05, 0) is 32.0 Å². The summed E-state index contributed by atoms with van der Waals surface area (Å²) in [4.78, 5) is 39.0. The van der Waals surface area contributed by atoms with Gasteiger partial charge in [0.15, 0.2) is 5.78 Å². The summed E-state index contributed by atoms with van der Waals surface area (Å²) in [6.07, 6.45) is 2.87. The number of rotatable bonds is 5. The Morgan fingerprint density at radius 3 is 2.77 bits per heavy atom. The maximum Gasteiger partial charge on any atom is 0.241 e. The van der Waals surface area contributed by atoms with Crippen LogP contribution in [0.25, 0.3) is 0 Å².